The third-order valence-corrected chi connectivity index (χ3v) is 2.86. The molecule has 0 amide bonds. The van der Waals surface area contributed by atoms with Crippen LogP contribution in [0.25, 0.3) is 10.9 Å². The van der Waals surface area contributed by atoms with Crippen LogP contribution in [0.15, 0.2) is 29.1 Å². The lowest BCUT2D eigenvalue weighted by Gasteiger charge is -2.21. The predicted molar refractivity (Wildman–Crippen MR) is 66.8 cm³/mol. The van der Waals surface area contributed by atoms with Crippen LogP contribution in [-0.4, -0.2) is 15.1 Å². The van der Waals surface area contributed by atoms with Crippen molar-refractivity contribution >= 4 is 10.9 Å². The fourth-order valence-corrected chi connectivity index (χ4v) is 1.95. The van der Waals surface area contributed by atoms with E-state index in [0.717, 1.165) is 6.42 Å². The second-order valence-corrected chi connectivity index (χ2v) is 4.46. The molecule has 0 aliphatic rings. The summed E-state index contributed by atoms with van der Waals surface area (Å²) in [6.07, 6.45) is 1.39. The lowest BCUT2D eigenvalue weighted by molar-refractivity contribution is 0.0378. The maximum atomic E-state index is 11.8. The van der Waals surface area contributed by atoms with Gasteiger partial charge >= 0.3 is 0 Å². The van der Waals surface area contributed by atoms with Crippen LogP contribution in [0, 0.1) is 0 Å². The molecular weight excluding hydrogens is 216 g/mol. The summed E-state index contributed by atoms with van der Waals surface area (Å²) in [5.74, 6) is 0.336. The van der Waals surface area contributed by atoms with Gasteiger partial charge in [0.2, 0.25) is 0 Å². The molecule has 1 aromatic heterocycles. The fraction of sp³-hybridized carbons (Fsp3) is 0.385. The fourth-order valence-electron chi connectivity index (χ4n) is 1.95. The summed E-state index contributed by atoms with van der Waals surface area (Å²) in [5.41, 5.74) is -0.678. The number of H-pyrrole nitrogens is 1. The monoisotopic (exact) mass is 232 g/mol. The highest BCUT2D eigenvalue weighted by molar-refractivity contribution is 5.77. The minimum absolute atomic E-state index is 0.207. The Balaban J connectivity index is 2.61. The highest BCUT2D eigenvalue weighted by atomic mass is 16.3. The van der Waals surface area contributed by atoms with E-state index in [0.29, 0.717) is 23.1 Å². The van der Waals surface area contributed by atoms with Crippen molar-refractivity contribution < 1.29 is 5.11 Å². The molecule has 0 fully saturated rings. The van der Waals surface area contributed by atoms with Crippen molar-refractivity contribution in [3.05, 3.63) is 40.4 Å². The van der Waals surface area contributed by atoms with Crippen LogP contribution in [0.5, 0.6) is 0 Å². The molecule has 1 unspecified atom stereocenters. The molecule has 1 heterocycles. The summed E-state index contributed by atoms with van der Waals surface area (Å²) in [5, 5.41) is 10.8. The van der Waals surface area contributed by atoms with Crippen molar-refractivity contribution in [2.45, 2.75) is 32.3 Å². The van der Waals surface area contributed by atoms with Crippen LogP contribution < -0.4 is 5.56 Å². The second-order valence-electron chi connectivity index (χ2n) is 4.46. The van der Waals surface area contributed by atoms with Crippen LogP contribution in [0.2, 0.25) is 0 Å². The molecule has 4 heteroatoms. The molecule has 0 saturated heterocycles. The number of aromatic amines is 1. The Morgan fingerprint density at radius 2 is 2.12 bits per heavy atom. The Hall–Kier alpha value is -1.68. The SMILES string of the molecule is CCCC(C)(O)c1nc2ccccc2c(=O)[nH]1. The first-order chi connectivity index (χ1) is 8.04. The van der Waals surface area contributed by atoms with E-state index in [1.54, 1.807) is 25.1 Å². The molecule has 0 aliphatic heterocycles. The Labute approximate surface area is 99.3 Å². The number of hydrogen-bond donors (Lipinski definition) is 2. The van der Waals surface area contributed by atoms with Gasteiger partial charge in [0, 0.05) is 0 Å². The van der Waals surface area contributed by atoms with Crippen molar-refractivity contribution in [1.82, 2.24) is 9.97 Å². The van der Waals surface area contributed by atoms with Crippen LogP contribution in [0.3, 0.4) is 0 Å². The zero-order valence-corrected chi connectivity index (χ0v) is 10.0. The van der Waals surface area contributed by atoms with Crippen LogP contribution in [0.4, 0.5) is 0 Å². The van der Waals surface area contributed by atoms with Gasteiger partial charge in [0.1, 0.15) is 11.4 Å². The molecule has 0 bridgehead atoms. The average Bonchev–Trinajstić information content (AvgIpc) is 2.29. The van der Waals surface area contributed by atoms with E-state index in [4.69, 9.17) is 0 Å². The Kier molecular flexibility index (Phi) is 2.98. The van der Waals surface area contributed by atoms with E-state index in [1.807, 2.05) is 13.0 Å². The summed E-state index contributed by atoms with van der Waals surface area (Å²) in [6.45, 7) is 3.65. The lowest BCUT2D eigenvalue weighted by atomic mass is 9.99. The zero-order chi connectivity index (χ0) is 12.5. The van der Waals surface area contributed by atoms with Gasteiger partial charge in [-0.2, -0.15) is 0 Å². The molecule has 2 aromatic rings. The first kappa shape index (κ1) is 11.8. The topological polar surface area (TPSA) is 66.0 Å². The van der Waals surface area contributed by atoms with Gasteiger partial charge in [-0.15, -0.1) is 0 Å². The summed E-state index contributed by atoms with van der Waals surface area (Å²) < 4.78 is 0. The van der Waals surface area contributed by atoms with Crippen molar-refractivity contribution in [1.29, 1.82) is 0 Å². The quantitative estimate of drug-likeness (QED) is 0.849. The number of hydrogen-bond acceptors (Lipinski definition) is 3. The summed E-state index contributed by atoms with van der Waals surface area (Å²) >= 11 is 0. The molecule has 90 valence electrons. The van der Waals surface area contributed by atoms with E-state index < -0.39 is 5.60 Å². The van der Waals surface area contributed by atoms with Gasteiger partial charge < -0.3 is 10.1 Å². The van der Waals surface area contributed by atoms with E-state index >= 15 is 0 Å². The molecule has 2 N–H and O–H groups in total. The van der Waals surface area contributed by atoms with Crippen molar-refractivity contribution in [3.8, 4) is 0 Å². The molecule has 1 atom stereocenters. The zero-order valence-electron chi connectivity index (χ0n) is 10.0. The normalized spacial score (nSPS) is 14.8. The number of aromatic nitrogens is 2. The first-order valence-corrected chi connectivity index (χ1v) is 5.76. The average molecular weight is 232 g/mol. The highest BCUT2D eigenvalue weighted by Gasteiger charge is 2.25. The molecule has 4 nitrogen and oxygen atoms in total. The smallest absolute Gasteiger partial charge is 0.258 e. The molecule has 1 aromatic carbocycles. The minimum atomic E-state index is -1.09. The third kappa shape index (κ3) is 2.22. The third-order valence-electron chi connectivity index (χ3n) is 2.86. The van der Waals surface area contributed by atoms with Gasteiger partial charge in [-0.3, -0.25) is 4.79 Å². The summed E-state index contributed by atoms with van der Waals surface area (Å²) in [6, 6.07) is 7.12. The van der Waals surface area contributed by atoms with E-state index in [1.165, 1.54) is 0 Å². The highest BCUT2D eigenvalue weighted by Crippen LogP contribution is 2.22. The molecule has 0 spiro atoms. The van der Waals surface area contributed by atoms with Crippen LogP contribution >= 0.6 is 0 Å². The molecular formula is C13H16N2O2. The number of benzene rings is 1. The van der Waals surface area contributed by atoms with Gasteiger partial charge in [0.15, 0.2) is 0 Å². The summed E-state index contributed by atoms with van der Waals surface area (Å²) in [4.78, 5) is 18.8. The van der Waals surface area contributed by atoms with E-state index in [-0.39, 0.29) is 5.56 Å². The number of rotatable bonds is 3. The van der Waals surface area contributed by atoms with Crippen molar-refractivity contribution in [3.63, 3.8) is 0 Å². The van der Waals surface area contributed by atoms with Gasteiger partial charge in [0.05, 0.1) is 10.9 Å². The number of fused-ring (bicyclic) bond motifs is 1. The maximum absolute atomic E-state index is 11.8. The first-order valence-electron chi connectivity index (χ1n) is 5.76. The lowest BCUT2D eigenvalue weighted by Crippen LogP contribution is -2.27. The van der Waals surface area contributed by atoms with Gasteiger partial charge in [-0.05, 0) is 25.5 Å². The van der Waals surface area contributed by atoms with Crippen molar-refractivity contribution in [2.75, 3.05) is 0 Å². The maximum Gasteiger partial charge on any atom is 0.258 e. The number of aliphatic hydroxyl groups is 1. The number of para-hydroxylation sites is 1. The predicted octanol–water partition coefficient (Wildman–Crippen LogP) is 1.93. The molecule has 0 saturated carbocycles. The van der Waals surface area contributed by atoms with E-state index in [2.05, 4.69) is 9.97 Å². The van der Waals surface area contributed by atoms with Crippen molar-refractivity contribution in [2.24, 2.45) is 0 Å². The Bertz CT molecular complexity index is 587. The minimum Gasteiger partial charge on any atom is -0.382 e. The molecule has 2 rings (SSSR count). The Morgan fingerprint density at radius 3 is 2.82 bits per heavy atom. The second kappa shape index (κ2) is 4.30. The van der Waals surface area contributed by atoms with Crippen LogP contribution in [0.1, 0.15) is 32.5 Å². The standard InChI is InChI=1S/C13H16N2O2/c1-3-8-13(2,17)12-14-10-7-5-4-6-9(10)11(16)15-12/h4-7,17H,3,8H2,1-2H3,(H,14,15,16). The van der Waals surface area contributed by atoms with E-state index in [9.17, 15) is 9.90 Å². The van der Waals surface area contributed by atoms with Gasteiger partial charge in [0.25, 0.3) is 5.56 Å². The molecule has 17 heavy (non-hydrogen) atoms. The number of nitrogens with zero attached hydrogens (tertiary/aromatic N) is 1. The molecule has 0 aliphatic carbocycles. The Morgan fingerprint density at radius 1 is 1.41 bits per heavy atom. The largest absolute Gasteiger partial charge is 0.382 e. The molecule has 0 radical (unpaired) electrons. The van der Waals surface area contributed by atoms with Gasteiger partial charge in [-0.25, -0.2) is 4.98 Å². The van der Waals surface area contributed by atoms with Gasteiger partial charge in [-0.1, -0.05) is 25.5 Å². The number of nitrogens with one attached hydrogen (secondary N) is 1. The summed E-state index contributed by atoms with van der Waals surface area (Å²) in [7, 11) is 0. The van der Waals surface area contributed by atoms with Crippen LogP contribution in [-0.2, 0) is 5.60 Å².